The summed E-state index contributed by atoms with van der Waals surface area (Å²) in [6.07, 6.45) is -1.36. The van der Waals surface area contributed by atoms with E-state index in [0.29, 0.717) is 17.9 Å². The smallest absolute Gasteiger partial charge is 0.133 e. The molecule has 2 rings (SSSR count). The molecule has 0 saturated carbocycles. The highest BCUT2D eigenvalue weighted by molar-refractivity contribution is 9.10. The zero-order valence-electron chi connectivity index (χ0n) is 10.7. The third kappa shape index (κ3) is 3.16. The fraction of sp³-hybridized carbons (Fsp3) is 0.200. The lowest BCUT2D eigenvalue weighted by atomic mass is 10.0. The van der Waals surface area contributed by atoms with Crippen LogP contribution in [-0.2, 0) is 0 Å². The first-order valence-corrected chi connectivity index (χ1v) is 6.87. The van der Waals surface area contributed by atoms with Crippen LogP contribution in [0.2, 0.25) is 0 Å². The Morgan fingerprint density at radius 3 is 2.20 bits per heavy atom. The average Bonchev–Trinajstić information content (AvgIpc) is 2.38. The van der Waals surface area contributed by atoms with Crippen molar-refractivity contribution in [3.63, 3.8) is 0 Å². The van der Waals surface area contributed by atoms with Gasteiger partial charge in [0.25, 0.3) is 0 Å². The maximum absolute atomic E-state index is 13.8. The van der Waals surface area contributed by atoms with E-state index in [-0.39, 0.29) is 10.0 Å². The second-order valence-corrected chi connectivity index (χ2v) is 5.10. The van der Waals surface area contributed by atoms with Crippen LogP contribution in [-0.4, -0.2) is 11.7 Å². The third-order valence-electron chi connectivity index (χ3n) is 2.82. The molecule has 1 unspecified atom stereocenters. The zero-order valence-corrected chi connectivity index (χ0v) is 12.3. The van der Waals surface area contributed by atoms with Gasteiger partial charge in [-0.1, -0.05) is 28.1 Å². The van der Waals surface area contributed by atoms with E-state index in [2.05, 4.69) is 15.9 Å². The highest BCUT2D eigenvalue weighted by atomic mass is 79.9. The number of hydrogen-bond donors (Lipinski definition) is 1. The van der Waals surface area contributed by atoms with E-state index in [0.717, 1.165) is 12.1 Å². The second-order valence-electron chi connectivity index (χ2n) is 4.19. The summed E-state index contributed by atoms with van der Waals surface area (Å²) in [5.74, 6) is -0.947. The minimum Gasteiger partial charge on any atom is -0.494 e. The van der Waals surface area contributed by atoms with E-state index < -0.39 is 17.7 Å². The average molecular weight is 343 g/mol. The van der Waals surface area contributed by atoms with E-state index in [4.69, 9.17) is 4.74 Å². The largest absolute Gasteiger partial charge is 0.494 e. The van der Waals surface area contributed by atoms with Crippen molar-refractivity contribution in [3.8, 4) is 5.75 Å². The van der Waals surface area contributed by atoms with E-state index >= 15 is 0 Å². The molecule has 0 aliphatic heterocycles. The van der Waals surface area contributed by atoms with Crippen LogP contribution in [0, 0.1) is 11.6 Å². The second kappa shape index (κ2) is 6.33. The number of aliphatic hydroxyl groups excluding tert-OH is 1. The summed E-state index contributed by atoms with van der Waals surface area (Å²) < 4.78 is 33.1. The number of aliphatic hydroxyl groups is 1. The maximum atomic E-state index is 13.8. The Hall–Kier alpha value is -1.46. The molecule has 0 bridgehead atoms. The van der Waals surface area contributed by atoms with Crippen molar-refractivity contribution in [2.45, 2.75) is 13.0 Å². The fourth-order valence-corrected chi connectivity index (χ4v) is 2.30. The lowest BCUT2D eigenvalue weighted by molar-refractivity contribution is 0.209. The van der Waals surface area contributed by atoms with Crippen molar-refractivity contribution in [1.29, 1.82) is 0 Å². The standard InChI is InChI=1S/C15H13BrF2O2/c1-2-20-11-5-3-9(4-6-11)15(19)14-12(17)7-10(16)8-13(14)18/h3-8,15,19H,2H2,1H3. The number of hydrogen-bond acceptors (Lipinski definition) is 2. The van der Waals surface area contributed by atoms with E-state index in [1.807, 2.05) is 6.92 Å². The van der Waals surface area contributed by atoms with Gasteiger partial charge in [0.1, 0.15) is 23.5 Å². The molecule has 2 aromatic carbocycles. The molecule has 2 nitrogen and oxygen atoms in total. The van der Waals surface area contributed by atoms with E-state index in [1.54, 1.807) is 24.3 Å². The van der Waals surface area contributed by atoms with Crippen LogP contribution in [0.1, 0.15) is 24.2 Å². The van der Waals surface area contributed by atoms with E-state index in [9.17, 15) is 13.9 Å². The van der Waals surface area contributed by atoms with Gasteiger partial charge < -0.3 is 9.84 Å². The predicted molar refractivity (Wildman–Crippen MR) is 75.7 cm³/mol. The molecule has 0 aromatic heterocycles. The highest BCUT2D eigenvalue weighted by Crippen LogP contribution is 2.30. The van der Waals surface area contributed by atoms with Crippen LogP contribution in [0.15, 0.2) is 40.9 Å². The van der Waals surface area contributed by atoms with Gasteiger partial charge in [0, 0.05) is 4.47 Å². The monoisotopic (exact) mass is 342 g/mol. The molecule has 0 radical (unpaired) electrons. The number of rotatable bonds is 4. The normalized spacial score (nSPS) is 12.2. The molecule has 2 aromatic rings. The number of ether oxygens (including phenoxy) is 1. The molecule has 0 heterocycles. The molecular formula is C15H13BrF2O2. The summed E-state index contributed by atoms with van der Waals surface area (Å²) in [4.78, 5) is 0. The van der Waals surface area contributed by atoms with E-state index in [1.165, 1.54) is 0 Å². The number of benzene rings is 2. The van der Waals surface area contributed by atoms with Gasteiger partial charge in [0.15, 0.2) is 0 Å². The van der Waals surface area contributed by atoms with Gasteiger partial charge in [0.2, 0.25) is 0 Å². The van der Waals surface area contributed by atoms with Gasteiger partial charge in [0.05, 0.1) is 12.2 Å². The Kier molecular flexibility index (Phi) is 4.73. The highest BCUT2D eigenvalue weighted by Gasteiger charge is 2.20. The Morgan fingerprint density at radius 2 is 1.70 bits per heavy atom. The van der Waals surface area contributed by atoms with Crippen LogP contribution in [0.3, 0.4) is 0 Å². The van der Waals surface area contributed by atoms with Crippen LogP contribution in [0.5, 0.6) is 5.75 Å². The first kappa shape index (κ1) is 14.9. The molecule has 1 atom stereocenters. The van der Waals surface area contributed by atoms with Crippen LogP contribution in [0.4, 0.5) is 8.78 Å². The third-order valence-corrected chi connectivity index (χ3v) is 3.28. The van der Waals surface area contributed by atoms with Crippen molar-refractivity contribution in [1.82, 2.24) is 0 Å². The maximum Gasteiger partial charge on any atom is 0.133 e. The lowest BCUT2D eigenvalue weighted by Crippen LogP contribution is -2.06. The summed E-state index contributed by atoms with van der Waals surface area (Å²) in [6.45, 7) is 2.38. The first-order valence-electron chi connectivity index (χ1n) is 6.08. The zero-order chi connectivity index (χ0) is 14.7. The molecule has 0 amide bonds. The summed E-state index contributed by atoms with van der Waals surface area (Å²) >= 11 is 3.00. The van der Waals surface area contributed by atoms with Crippen molar-refractivity contribution in [2.24, 2.45) is 0 Å². The van der Waals surface area contributed by atoms with Crippen molar-refractivity contribution >= 4 is 15.9 Å². The van der Waals surface area contributed by atoms with Crippen LogP contribution in [0.25, 0.3) is 0 Å². The van der Waals surface area contributed by atoms with Gasteiger partial charge in [-0.15, -0.1) is 0 Å². The minimum atomic E-state index is -1.36. The van der Waals surface area contributed by atoms with Gasteiger partial charge in [-0.2, -0.15) is 0 Å². The van der Waals surface area contributed by atoms with Gasteiger partial charge in [-0.3, -0.25) is 0 Å². The summed E-state index contributed by atoms with van der Waals surface area (Å²) in [6, 6.07) is 8.70. The van der Waals surface area contributed by atoms with Crippen molar-refractivity contribution < 1.29 is 18.6 Å². The summed E-state index contributed by atoms with van der Waals surface area (Å²) in [5, 5.41) is 10.1. The Bertz CT molecular complexity index is 576. The first-order chi connectivity index (χ1) is 9.52. The van der Waals surface area contributed by atoms with Gasteiger partial charge in [-0.25, -0.2) is 8.78 Å². The molecule has 0 fully saturated rings. The molecule has 20 heavy (non-hydrogen) atoms. The topological polar surface area (TPSA) is 29.5 Å². The van der Waals surface area contributed by atoms with Crippen LogP contribution < -0.4 is 4.74 Å². The molecule has 5 heteroatoms. The molecule has 0 aliphatic carbocycles. The molecule has 1 N–H and O–H groups in total. The SMILES string of the molecule is CCOc1ccc(C(O)c2c(F)cc(Br)cc2F)cc1. The molecule has 106 valence electrons. The molecule has 0 aliphatic rings. The number of halogens is 3. The fourth-order valence-electron chi connectivity index (χ4n) is 1.89. The Labute approximate surface area is 124 Å². The Balaban J connectivity index is 2.33. The summed E-state index contributed by atoms with van der Waals surface area (Å²) in [5.41, 5.74) is 0.0333. The van der Waals surface area contributed by atoms with Gasteiger partial charge >= 0.3 is 0 Å². The quantitative estimate of drug-likeness (QED) is 0.901. The predicted octanol–water partition coefficient (Wildman–Crippen LogP) is 4.21. The Morgan fingerprint density at radius 1 is 1.15 bits per heavy atom. The lowest BCUT2D eigenvalue weighted by Gasteiger charge is -2.14. The van der Waals surface area contributed by atoms with Gasteiger partial charge in [-0.05, 0) is 36.8 Å². The van der Waals surface area contributed by atoms with Crippen molar-refractivity contribution in [2.75, 3.05) is 6.61 Å². The minimum absolute atomic E-state index is 0.287. The molecule has 0 spiro atoms. The molecule has 0 saturated heterocycles. The van der Waals surface area contributed by atoms with Crippen molar-refractivity contribution in [3.05, 3.63) is 63.6 Å². The van der Waals surface area contributed by atoms with Crippen LogP contribution >= 0.6 is 15.9 Å². The summed E-state index contributed by atoms with van der Waals surface area (Å²) in [7, 11) is 0. The molecular weight excluding hydrogens is 330 g/mol.